The molecule has 1 aliphatic heterocycles. The van der Waals surface area contributed by atoms with Crippen LogP contribution in [0.4, 0.5) is 5.69 Å². The number of methoxy groups -OCH3 is 2. The smallest absolute Gasteiger partial charge is 0.262 e. The summed E-state index contributed by atoms with van der Waals surface area (Å²) in [6.45, 7) is 5.89. The predicted octanol–water partition coefficient (Wildman–Crippen LogP) is 3.74. The van der Waals surface area contributed by atoms with E-state index in [0.717, 1.165) is 37.2 Å². The van der Waals surface area contributed by atoms with Gasteiger partial charge in [-0.25, -0.2) is 4.98 Å². The van der Waals surface area contributed by atoms with Crippen LogP contribution in [0, 0.1) is 5.92 Å². The van der Waals surface area contributed by atoms with Gasteiger partial charge in [0.1, 0.15) is 22.7 Å². The van der Waals surface area contributed by atoms with Crippen molar-refractivity contribution < 1.29 is 14.3 Å². The Bertz CT molecular complexity index is 1210. The molecule has 1 aromatic heterocycles. The average Bonchev–Trinajstić information content (AvgIpc) is 2.83. The number of ether oxygens (including phenoxy) is 2. The second kappa shape index (κ2) is 10.2. The second-order valence-electron chi connectivity index (χ2n) is 9.11. The highest BCUT2D eigenvalue weighted by molar-refractivity contribution is 5.87. The quantitative estimate of drug-likeness (QED) is 0.553. The van der Waals surface area contributed by atoms with Gasteiger partial charge in [-0.15, -0.1) is 0 Å². The molecular formula is C26H32N4O4. The Hall–Kier alpha value is -3.55. The van der Waals surface area contributed by atoms with E-state index in [1.54, 1.807) is 19.2 Å². The first-order valence-corrected chi connectivity index (χ1v) is 11.7. The van der Waals surface area contributed by atoms with Crippen LogP contribution in [0.1, 0.15) is 33.1 Å². The van der Waals surface area contributed by atoms with Gasteiger partial charge in [0.25, 0.3) is 5.56 Å². The van der Waals surface area contributed by atoms with Gasteiger partial charge >= 0.3 is 0 Å². The van der Waals surface area contributed by atoms with E-state index in [2.05, 4.69) is 34.0 Å². The number of hydrogen-bond acceptors (Lipinski definition) is 6. The molecule has 0 radical (unpaired) electrons. The summed E-state index contributed by atoms with van der Waals surface area (Å²) in [5, 5.41) is 3.56. The fourth-order valence-corrected chi connectivity index (χ4v) is 4.40. The number of nitrogens with zero attached hydrogens (tertiary/aromatic N) is 2. The number of rotatable bonds is 7. The number of carbonyl (C=O) groups excluding carboxylic acids is 1. The molecule has 1 aliphatic rings. The molecule has 1 saturated heterocycles. The Morgan fingerprint density at radius 3 is 2.47 bits per heavy atom. The monoisotopic (exact) mass is 464 g/mol. The summed E-state index contributed by atoms with van der Waals surface area (Å²) in [4.78, 5) is 34.7. The maximum Gasteiger partial charge on any atom is 0.262 e. The van der Waals surface area contributed by atoms with Gasteiger partial charge in [0, 0.05) is 48.9 Å². The molecule has 0 spiro atoms. The highest BCUT2D eigenvalue weighted by Gasteiger charge is 2.21. The van der Waals surface area contributed by atoms with Crippen LogP contribution in [0.25, 0.3) is 22.3 Å². The predicted molar refractivity (Wildman–Crippen MR) is 134 cm³/mol. The molecule has 0 unspecified atom stereocenters. The van der Waals surface area contributed by atoms with Crippen molar-refractivity contribution in [1.82, 2.24) is 15.3 Å². The number of H-pyrrole nitrogens is 1. The zero-order valence-corrected chi connectivity index (χ0v) is 20.2. The number of nitrogens with one attached hydrogen (secondary N) is 2. The Labute approximate surface area is 199 Å². The van der Waals surface area contributed by atoms with Crippen LogP contribution in [0.15, 0.2) is 41.2 Å². The molecule has 0 bridgehead atoms. The van der Waals surface area contributed by atoms with E-state index >= 15 is 0 Å². The number of aromatic nitrogens is 2. The van der Waals surface area contributed by atoms with Crippen molar-refractivity contribution in [3.8, 4) is 22.9 Å². The van der Waals surface area contributed by atoms with Crippen molar-refractivity contribution in [1.29, 1.82) is 0 Å². The number of fused-ring (bicyclic) bond motifs is 1. The molecule has 0 atom stereocenters. The van der Waals surface area contributed by atoms with Crippen LogP contribution in [-0.2, 0) is 4.79 Å². The third kappa shape index (κ3) is 5.16. The van der Waals surface area contributed by atoms with E-state index in [1.807, 2.05) is 24.3 Å². The molecule has 0 aliphatic carbocycles. The third-order valence-electron chi connectivity index (χ3n) is 6.16. The normalized spacial score (nSPS) is 14.4. The zero-order valence-electron chi connectivity index (χ0n) is 20.2. The Balaban J connectivity index is 1.48. The number of benzene rings is 2. The number of hydrogen-bond donors (Lipinski definition) is 2. The fraction of sp³-hybridized carbons (Fsp3) is 0.423. The van der Waals surface area contributed by atoms with Crippen LogP contribution >= 0.6 is 0 Å². The van der Waals surface area contributed by atoms with Crippen molar-refractivity contribution in [2.75, 3.05) is 32.2 Å². The van der Waals surface area contributed by atoms with Gasteiger partial charge in [0.05, 0.1) is 19.7 Å². The van der Waals surface area contributed by atoms with Gasteiger partial charge in [0.15, 0.2) is 0 Å². The molecule has 180 valence electrons. The number of amides is 1. The van der Waals surface area contributed by atoms with Gasteiger partial charge in [-0.3, -0.25) is 9.59 Å². The zero-order chi connectivity index (χ0) is 24.2. The maximum absolute atomic E-state index is 12.8. The molecule has 0 saturated carbocycles. The van der Waals surface area contributed by atoms with Crippen LogP contribution in [-0.4, -0.2) is 49.2 Å². The molecule has 8 nitrogen and oxygen atoms in total. The second-order valence-corrected chi connectivity index (χ2v) is 9.11. The van der Waals surface area contributed by atoms with Gasteiger partial charge in [0.2, 0.25) is 5.91 Å². The van der Waals surface area contributed by atoms with Gasteiger partial charge in [-0.05, 0) is 43.0 Å². The van der Waals surface area contributed by atoms with Gasteiger partial charge in [-0.1, -0.05) is 13.8 Å². The summed E-state index contributed by atoms with van der Waals surface area (Å²) >= 11 is 0. The summed E-state index contributed by atoms with van der Waals surface area (Å²) < 4.78 is 10.7. The highest BCUT2D eigenvalue weighted by atomic mass is 16.5. The summed E-state index contributed by atoms with van der Waals surface area (Å²) in [6.07, 6.45) is 2.43. The van der Waals surface area contributed by atoms with Crippen LogP contribution in [0.2, 0.25) is 0 Å². The molecule has 8 heteroatoms. The lowest BCUT2D eigenvalue weighted by Gasteiger charge is -2.34. The van der Waals surface area contributed by atoms with Crippen molar-refractivity contribution >= 4 is 22.5 Å². The molecule has 3 aromatic rings. The Kier molecular flexibility index (Phi) is 7.05. The number of piperidine rings is 1. The van der Waals surface area contributed by atoms with Crippen molar-refractivity contribution in [3.63, 3.8) is 0 Å². The Morgan fingerprint density at radius 2 is 1.85 bits per heavy atom. The molecule has 2 N–H and O–H groups in total. The topological polar surface area (TPSA) is 96.5 Å². The molecule has 34 heavy (non-hydrogen) atoms. The minimum atomic E-state index is -0.259. The van der Waals surface area contributed by atoms with Crippen molar-refractivity contribution in [2.24, 2.45) is 5.92 Å². The lowest BCUT2D eigenvalue weighted by atomic mass is 10.0. The van der Waals surface area contributed by atoms with E-state index in [0.29, 0.717) is 40.6 Å². The minimum absolute atomic E-state index is 0.143. The minimum Gasteiger partial charge on any atom is -0.497 e. The first-order valence-electron chi connectivity index (χ1n) is 11.7. The van der Waals surface area contributed by atoms with Crippen LogP contribution < -0.4 is 25.2 Å². The number of aromatic amines is 1. The van der Waals surface area contributed by atoms with E-state index in [9.17, 15) is 9.59 Å². The third-order valence-corrected chi connectivity index (χ3v) is 6.16. The Morgan fingerprint density at radius 1 is 1.15 bits per heavy atom. The van der Waals surface area contributed by atoms with E-state index in [-0.39, 0.29) is 17.5 Å². The van der Waals surface area contributed by atoms with E-state index in [4.69, 9.17) is 9.47 Å². The van der Waals surface area contributed by atoms with Crippen molar-refractivity contribution in [3.05, 3.63) is 46.8 Å². The maximum atomic E-state index is 12.8. The van der Waals surface area contributed by atoms with E-state index in [1.165, 1.54) is 7.11 Å². The molecular weight excluding hydrogens is 432 g/mol. The SMILES string of the molecule is COc1cc(OC)c2c(=O)[nH]c(-c3ccc(N4CCC(NC(=O)CC(C)C)CC4)cc3)nc2c1. The lowest BCUT2D eigenvalue weighted by molar-refractivity contribution is -0.122. The first-order chi connectivity index (χ1) is 16.4. The summed E-state index contributed by atoms with van der Waals surface area (Å²) in [7, 11) is 3.08. The summed E-state index contributed by atoms with van der Waals surface area (Å²) in [5.41, 5.74) is 2.19. The van der Waals surface area contributed by atoms with Crippen molar-refractivity contribution in [2.45, 2.75) is 39.2 Å². The van der Waals surface area contributed by atoms with Gasteiger partial charge in [-0.2, -0.15) is 0 Å². The van der Waals surface area contributed by atoms with Crippen LogP contribution in [0.3, 0.4) is 0 Å². The van der Waals surface area contributed by atoms with Gasteiger partial charge < -0.3 is 24.7 Å². The average molecular weight is 465 g/mol. The van der Waals surface area contributed by atoms with Crippen LogP contribution in [0.5, 0.6) is 11.5 Å². The molecule has 1 amide bonds. The van der Waals surface area contributed by atoms with E-state index < -0.39 is 0 Å². The largest absolute Gasteiger partial charge is 0.497 e. The summed E-state index contributed by atoms with van der Waals surface area (Å²) in [5.74, 6) is 2.01. The molecule has 2 heterocycles. The standard InChI is InChI=1S/C26H32N4O4/c1-16(2)13-23(31)27-18-9-11-30(12-10-18)19-7-5-17(6-8-19)25-28-21-14-20(33-3)15-22(34-4)24(21)26(32)29-25/h5-8,14-16,18H,9-13H2,1-4H3,(H,27,31)(H,28,29,32). The highest BCUT2D eigenvalue weighted by Crippen LogP contribution is 2.29. The molecule has 2 aromatic carbocycles. The summed E-state index contributed by atoms with van der Waals surface area (Å²) in [6, 6.07) is 11.7. The number of carbonyl (C=O) groups is 1. The lowest BCUT2D eigenvalue weighted by Crippen LogP contribution is -2.44. The first kappa shape index (κ1) is 23.6. The molecule has 1 fully saturated rings. The molecule has 4 rings (SSSR count). The fourth-order valence-electron chi connectivity index (χ4n) is 4.40. The number of anilines is 1.